The maximum atomic E-state index is 11.3. The van der Waals surface area contributed by atoms with Gasteiger partial charge >= 0.3 is 5.97 Å². The fraction of sp³-hybridized carbons (Fsp3) is 0.700. The summed E-state index contributed by atoms with van der Waals surface area (Å²) in [6.45, 7) is 7.51. The van der Waals surface area contributed by atoms with Crippen molar-refractivity contribution in [1.29, 1.82) is 0 Å². The Labute approximate surface area is 86.1 Å². The molecule has 0 aliphatic carbocycles. The number of hydrogen-bond acceptors (Lipinski definition) is 4. The zero-order valence-electron chi connectivity index (χ0n) is 9.54. The first-order chi connectivity index (χ1) is 6.49. The smallest absolute Gasteiger partial charge is 0.353 e. The highest BCUT2D eigenvalue weighted by molar-refractivity contribution is 5.86. The minimum atomic E-state index is -0.339. The average molecular weight is 200 g/mol. The molecular formula is C10H20N2O2. The monoisotopic (exact) mass is 200 g/mol. The number of rotatable bonds is 6. The van der Waals surface area contributed by atoms with E-state index in [1.54, 1.807) is 11.8 Å². The van der Waals surface area contributed by atoms with Gasteiger partial charge in [0.25, 0.3) is 0 Å². The highest BCUT2D eigenvalue weighted by atomic mass is 16.5. The van der Waals surface area contributed by atoms with Crippen LogP contribution in [0.2, 0.25) is 0 Å². The fourth-order valence-electron chi connectivity index (χ4n) is 0.855. The van der Waals surface area contributed by atoms with Crippen LogP contribution in [0.5, 0.6) is 0 Å². The summed E-state index contributed by atoms with van der Waals surface area (Å²) in [6, 6.07) is 0. The highest BCUT2D eigenvalue weighted by Crippen LogP contribution is 2.00. The van der Waals surface area contributed by atoms with Crippen LogP contribution in [-0.4, -0.2) is 56.6 Å². The minimum Gasteiger partial charge on any atom is -0.461 e. The molecule has 0 aliphatic heterocycles. The van der Waals surface area contributed by atoms with Crippen molar-refractivity contribution in [3.05, 3.63) is 12.3 Å². The molecule has 82 valence electrons. The van der Waals surface area contributed by atoms with Crippen LogP contribution in [0.15, 0.2) is 12.3 Å². The zero-order chi connectivity index (χ0) is 11.1. The Morgan fingerprint density at radius 2 is 1.86 bits per heavy atom. The summed E-state index contributed by atoms with van der Waals surface area (Å²) in [6.07, 6.45) is 0. The van der Waals surface area contributed by atoms with Gasteiger partial charge in [0.2, 0.25) is 0 Å². The summed E-state index contributed by atoms with van der Waals surface area (Å²) < 4.78 is 4.84. The number of nitrogens with zero attached hydrogens (tertiary/aromatic N) is 2. The molecule has 0 amide bonds. The number of hydrogen-bond donors (Lipinski definition) is 0. The van der Waals surface area contributed by atoms with Crippen molar-refractivity contribution >= 4 is 5.97 Å². The molecule has 0 saturated carbocycles. The largest absolute Gasteiger partial charge is 0.461 e. The van der Waals surface area contributed by atoms with E-state index in [2.05, 4.69) is 11.5 Å². The summed E-state index contributed by atoms with van der Waals surface area (Å²) in [4.78, 5) is 15.1. The van der Waals surface area contributed by atoms with Crippen molar-refractivity contribution in [3.8, 4) is 0 Å². The Kier molecular flexibility index (Phi) is 5.95. The molecular weight excluding hydrogens is 180 g/mol. The Balaban J connectivity index is 3.92. The van der Waals surface area contributed by atoms with E-state index in [4.69, 9.17) is 4.74 Å². The first-order valence-electron chi connectivity index (χ1n) is 4.71. The first kappa shape index (κ1) is 13.0. The second-order valence-corrected chi connectivity index (χ2v) is 3.39. The quantitative estimate of drug-likeness (QED) is 0.463. The predicted molar refractivity (Wildman–Crippen MR) is 57.0 cm³/mol. The lowest BCUT2D eigenvalue weighted by atomic mass is 10.4. The van der Waals surface area contributed by atoms with Gasteiger partial charge in [-0.2, -0.15) is 0 Å². The second-order valence-electron chi connectivity index (χ2n) is 3.39. The van der Waals surface area contributed by atoms with Crippen LogP contribution in [0.3, 0.4) is 0 Å². The van der Waals surface area contributed by atoms with Crippen molar-refractivity contribution < 1.29 is 9.53 Å². The van der Waals surface area contributed by atoms with Gasteiger partial charge in [-0.3, -0.25) is 0 Å². The van der Waals surface area contributed by atoms with Crippen LogP contribution in [0.25, 0.3) is 0 Å². The molecule has 0 aliphatic rings. The molecule has 0 aromatic carbocycles. The molecule has 0 fully saturated rings. The molecule has 14 heavy (non-hydrogen) atoms. The second kappa shape index (κ2) is 6.43. The van der Waals surface area contributed by atoms with Gasteiger partial charge in [-0.15, -0.1) is 0 Å². The van der Waals surface area contributed by atoms with Crippen molar-refractivity contribution in [2.24, 2.45) is 0 Å². The van der Waals surface area contributed by atoms with Crippen LogP contribution in [0, 0.1) is 0 Å². The molecule has 0 atom stereocenters. The van der Waals surface area contributed by atoms with Crippen molar-refractivity contribution in [3.63, 3.8) is 0 Å². The maximum Gasteiger partial charge on any atom is 0.353 e. The molecule has 0 aromatic heterocycles. The molecule has 0 N–H and O–H groups in total. The average Bonchev–Trinajstić information content (AvgIpc) is 2.13. The molecule has 0 rings (SSSR count). The lowest BCUT2D eigenvalue weighted by molar-refractivity contribution is -0.140. The van der Waals surface area contributed by atoms with E-state index in [9.17, 15) is 4.79 Å². The maximum absolute atomic E-state index is 11.3. The van der Waals surface area contributed by atoms with Crippen molar-refractivity contribution in [2.75, 3.05) is 40.8 Å². The zero-order valence-corrected chi connectivity index (χ0v) is 9.54. The molecule has 4 heteroatoms. The Hall–Kier alpha value is -1.03. The van der Waals surface area contributed by atoms with E-state index < -0.39 is 0 Å². The van der Waals surface area contributed by atoms with E-state index >= 15 is 0 Å². The molecule has 4 nitrogen and oxygen atoms in total. The Morgan fingerprint density at radius 3 is 2.29 bits per heavy atom. The van der Waals surface area contributed by atoms with E-state index in [-0.39, 0.29) is 5.97 Å². The van der Waals surface area contributed by atoms with Gasteiger partial charge in [0.05, 0.1) is 6.61 Å². The standard InChI is InChI=1S/C10H20N2O2/c1-6-14-10(13)9(2)12(5)8-7-11(3)4/h2,6-8H2,1,3-5H3. The van der Waals surface area contributed by atoms with Gasteiger partial charge in [-0.25, -0.2) is 4.79 Å². The summed E-state index contributed by atoms with van der Waals surface area (Å²) in [5.41, 5.74) is 0.411. The molecule has 0 radical (unpaired) electrons. The number of esters is 1. The van der Waals surface area contributed by atoms with Gasteiger partial charge in [-0.1, -0.05) is 6.58 Å². The number of ether oxygens (including phenoxy) is 1. The van der Waals surface area contributed by atoms with E-state index in [0.717, 1.165) is 13.1 Å². The SMILES string of the molecule is C=C(C(=O)OCC)N(C)CCN(C)C. The van der Waals surface area contributed by atoms with Gasteiger partial charge in [-0.05, 0) is 21.0 Å². The molecule has 0 unspecified atom stereocenters. The van der Waals surface area contributed by atoms with Crippen LogP contribution in [0.4, 0.5) is 0 Å². The lowest BCUT2D eigenvalue weighted by Gasteiger charge is -2.21. The topological polar surface area (TPSA) is 32.8 Å². The first-order valence-corrected chi connectivity index (χ1v) is 4.71. The molecule has 0 heterocycles. The lowest BCUT2D eigenvalue weighted by Crippen LogP contribution is -2.31. The molecule has 0 aromatic rings. The summed E-state index contributed by atoms with van der Waals surface area (Å²) in [5.74, 6) is -0.339. The summed E-state index contributed by atoms with van der Waals surface area (Å²) in [5, 5.41) is 0. The van der Waals surface area contributed by atoms with E-state index in [1.165, 1.54) is 0 Å². The molecule has 0 spiro atoms. The van der Waals surface area contributed by atoms with Crippen LogP contribution < -0.4 is 0 Å². The number of likely N-dealkylation sites (N-methyl/N-ethyl adjacent to an activating group) is 2. The highest BCUT2D eigenvalue weighted by Gasteiger charge is 2.12. The van der Waals surface area contributed by atoms with Crippen LogP contribution in [-0.2, 0) is 9.53 Å². The van der Waals surface area contributed by atoms with Crippen molar-refractivity contribution in [1.82, 2.24) is 9.80 Å². The minimum absolute atomic E-state index is 0.339. The van der Waals surface area contributed by atoms with Crippen LogP contribution in [0.1, 0.15) is 6.92 Å². The van der Waals surface area contributed by atoms with Gasteiger partial charge < -0.3 is 14.5 Å². The normalized spacial score (nSPS) is 10.1. The molecule has 0 bridgehead atoms. The van der Waals surface area contributed by atoms with Gasteiger partial charge in [0.15, 0.2) is 0 Å². The number of carbonyl (C=O) groups excluding carboxylic acids is 1. The Morgan fingerprint density at radius 1 is 1.29 bits per heavy atom. The third-order valence-electron chi connectivity index (χ3n) is 1.85. The third-order valence-corrected chi connectivity index (χ3v) is 1.85. The number of carbonyl (C=O) groups is 1. The fourth-order valence-corrected chi connectivity index (χ4v) is 0.855. The van der Waals surface area contributed by atoms with E-state index in [1.807, 2.05) is 21.1 Å². The predicted octanol–water partition coefficient (Wildman–Crippen LogP) is 0.557. The Bertz CT molecular complexity index is 202. The third kappa shape index (κ3) is 4.87. The van der Waals surface area contributed by atoms with Crippen LogP contribution >= 0.6 is 0 Å². The summed E-state index contributed by atoms with van der Waals surface area (Å²) in [7, 11) is 5.81. The molecule has 0 saturated heterocycles. The van der Waals surface area contributed by atoms with Crippen molar-refractivity contribution in [2.45, 2.75) is 6.92 Å². The van der Waals surface area contributed by atoms with Gasteiger partial charge in [0, 0.05) is 20.1 Å². The van der Waals surface area contributed by atoms with Gasteiger partial charge in [0.1, 0.15) is 5.70 Å². The van der Waals surface area contributed by atoms with E-state index in [0.29, 0.717) is 12.3 Å². The summed E-state index contributed by atoms with van der Waals surface area (Å²) >= 11 is 0.